The van der Waals surface area contributed by atoms with Crippen molar-refractivity contribution in [2.75, 3.05) is 18.9 Å². The predicted molar refractivity (Wildman–Crippen MR) is 94.8 cm³/mol. The Labute approximate surface area is 154 Å². The van der Waals surface area contributed by atoms with Crippen molar-refractivity contribution in [2.45, 2.75) is 6.04 Å². The quantitative estimate of drug-likeness (QED) is 0.617. The number of anilines is 1. The molecular formula is C18H18F2N4O3. The second kappa shape index (κ2) is 9.39. The molecule has 2 aromatic rings. The van der Waals surface area contributed by atoms with Gasteiger partial charge in [-0.2, -0.15) is 0 Å². The van der Waals surface area contributed by atoms with Crippen molar-refractivity contribution in [3.05, 3.63) is 65.7 Å². The molecule has 142 valence electrons. The van der Waals surface area contributed by atoms with Crippen LogP contribution in [0, 0.1) is 11.6 Å². The molecule has 7 nitrogen and oxygen atoms in total. The number of carbonyl (C=O) groups excluding carboxylic acids is 3. The number of halogens is 2. The molecule has 0 saturated carbocycles. The molecule has 0 bridgehead atoms. The highest BCUT2D eigenvalue weighted by atomic mass is 19.2. The molecule has 0 aromatic heterocycles. The summed E-state index contributed by atoms with van der Waals surface area (Å²) in [6.45, 7) is -0.306. The second-order valence-electron chi connectivity index (χ2n) is 5.47. The average Bonchev–Trinajstić information content (AvgIpc) is 2.65. The molecule has 4 amide bonds. The van der Waals surface area contributed by atoms with Crippen LogP contribution in [0.1, 0.15) is 11.6 Å². The molecule has 9 heteroatoms. The van der Waals surface area contributed by atoms with Crippen LogP contribution in [0.5, 0.6) is 0 Å². The van der Waals surface area contributed by atoms with Gasteiger partial charge in [0.2, 0.25) is 11.8 Å². The molecule has 0 aliphatic carbocycles. The van der Waals surface area contributed by atoms with Crippen molar-refractivity contribution in [1.82, 2.24) is 16.0 Å². The summed E-state index contributed by atoms with van der Waals surface area (Å²) in [7, 11) is 1.36. The molecule has 0 heterocycles. The number of rotatable bonds is 6. The molecular weight excluding hydrogens is 358 g/mol. The molecule has 0 unspecified atom stereocenters. The summed E-state index contributed by atoms with van der Waals surface area (Å²) >= 11 is 0. The Kier molecular flexibility index (Phi) is 6.95. The molecule has 0 fully saturated rings. The van der Waals surface area contributed by atoms with E-state index < -0.39 is 35.5 Å². The van der Waals surface area contributed by atoms with E-state index in [-0.39, 0.29) is 12.2 Å². The molecule has 0 radical (unpaired) electrons. The van der Waals surface area contributed by atoms with Crippen LogP contribution in [0.2, 0.25) is 0 Å². The lowest BCUT2D eigenvalue weighted by atomic mass is 10.1. The third-order valence-electron chi connectivity index (χ3n) is 3.53. The summed E-state index contributed by atoms with van der Waals surface area (Å²) in [5, 5.41) is 9.53. The molecule has 0 aliphatic heterocycles. The van der Waals surface area contributed by atoms with Crippen LogP contribution in [0.15, 0.2) is 48.5 Å². The highest BCUT2D eigenvalue weighted by Gasteiger charge is 2.22. The van der Waals surface area contributed by atoms with E-state index in [9.17, 15) is 23.2 Å². The van der Waals surface area contributed by atoms with Gasteiger partial charge in [-0.3, -0.25) is 20.2 Å². The standard InChI is InChI=1S/C18H18F2N4O3/c1-21-18(27)24-17(26)16(11-5-3-2-4-6-11)22-10-15(25)23-12-7-8-13(19)14(20)9-12/h2-9,16,22H,10H2,1H3,(H,23,25)(H2,21,24,26,27)/t16-/m1/s1. The van der Waals surface area contributed by atoms with Gasteiger partial charge in [0.05, 0.1) is 6.54 Å². The first-order valence-electron chi connectivity index (χ1n) is 7.96. The number of nitrogens with one attached hydrogen (secondary N) is 4. The molecule has 0 saturated heterocycles. The summed E-state index contributed by atoms with van der Waals surface area (Å²) < 4.78 is 26.1. The average molecular weight is 376 g/mol. The van der Waals surface area contributed by atoms with Gasteiger partial charge >= 0.3 is 6.03 Å². The SMILES string of the molecule is CNC(=O)NC(=O)[C@H](NCC(=O)Nc1ccc(F)c(F)c1)c1ccccc1. The molecule has 27 heavy (non-hydrogen) atoms. The summed E-state index contributed by atoms with van der Waals surface area (Å²) in [5.74, 6) is -3.34. The Hall–Kier alpha value is -3.33. The lowest BCUT2D eigenvalue weighted by Gasteiger charge is -2.18. The maximum atomic E-state index is 13.2. The minimum Gasteiger partial charge on any atom is -0.341 e. The van der Waals surface area contributed by atoms with Crippen LogP contribution in [0.4, 0.5) is 19.3 Å². The number of benzene rings is 2. The number of amides is 4. The van der Waals surface area contributed by atoms with Crippen molar-refractivity contribution in [3.8, 4) is 0 Å². The first-order chi connectivity index (χ1) is 12.9. The van der Waals surface area contributed by atoms with Crippen LogP contribution in [0.3, 0.4) is 0 Å². The highest BCUT2D eigenvalue weighted by molar-refractivity contribution is 5.98. The van der Waals surface area contributed by atoms with Crippen molar-refractivity contribution in [2.24, 2.45) is 0 Å². The zero-order chi connectivity index (χ0) is 19.8. The van der Waals surface area contributed by atoms with Gasteiger partial charge in [0.25, 0.3) is 0 Å². The number of hydrogen-bond donors (Lipinski definition) is 4. The Balaban J connectivity index is 2.04. The first-order valence-corrected chi connectivity index (χ1v) is 7.96. The monoisotopic (exact) mass is 376 g/mol. The van der Waals surface area contributed by atoms with Gasteiger partial charge in [0.15, 0.2) is 11.6 Å². The molecule has 2 aromatic carbocycles. The zero-order valence-electron chi connectivity index (χ0n) is 14.4. The minimum atomic E-state index is -1.09. The number of carbonyl (C=O) groups is 3. The molecule has 0 aliphatic rings. The van der Waals surface area contributed by atoms with Gasteiger partial charge in [-0.25, -0.2) is 13.6 Å². The van der Waals surface area contributed by atoms with Gasteiger partial charge < -0.3 is 10.6 Å². The maximum absolute atomic E-state index is 13.2. The fourth-order valence-electron chi connectivity index (χ4n) is 2.23. The topological polar surface area (TPSA) is 99.3 Å². The van der Waals surface area contributed by atoms with E-state index in [1.807, 2.05) is 0 Å². The second-order valence-corrected chi connectivity index (χ2v) is 5.47. The summed E-state index contributed by atoms with van der Waals surface area (Å²) in [6.07, 6.45) is 0. The third kappa shape index (κ3) is 5.86. The smallest absolute Gasteiger partial charge is 0.321 e. The van der Waals surface area contributed by atoms with E-state index >= 15 is 0 Å². The third-order valence-corrected chi connectivity index (χ3v) is 3.53. The van der Waals surface area contributed by atoms with E-state index in [0.29, 0.717) is 5.56 Å². The van der Waals surface area contributed by atoms with E-state index in [1.165, 1.54) is 13.1 Å². The van der Waals surface area contributed by atoms with Crippen LogP contribution >= 0.6 is 0 Å². The molecule has 2 rings (SSSR count). The molecule has 1 atom stereocenters. The lowest BCUT2D eigenvalue weighted by molar-refractivity contribution is -0.122. The number of urea groups is 1. The molecule has 4 N–H and O–H groups in total. The summed E-state index contributed by atoms with van der Waals surface area (Å²) in [4.78, 5) is 35.7. The van der Waals surface area contributed by atoms with E-state index in [4.69, 9.17) is 0 Å². The van der Waals surface area contributed by atoms with Crippen LogP contribution in [0.25, 0.3) is 0 Å². The first kappa shape index (κ1) is 20.0. The van der Waals surface area contributed by atoms with E-state index in [1.54, 1.807) is 30.3 Å². The fraction of sp³-hybridized carbons (Fsp3) is 0.167. The Morgan fingerprint density at radius 1 is 1.00 bits per heavy atom. The van der Waals surface area contributed by atoms with Crippen molar-refractivity contribution >= 4 is 23.5 Å². The summed E-state index contributed by atoms with van der Waals surface area (Å²) in [5.41, 5.74) is 0.617. The number of imide groups is 1. The number of hydrogen-bond acceptors (Lipinski definition) is 4. The summed E-state index contributed by atoms with van der Waals surface area (Å²) in [6, 6.07) is 9.78. The molecule has 0 spiro atoms. The highest BCUT2D eigenvalue weighted by Crippen LogP contribution is 2.14. The predicted octanol–water partition coefficient (Wildman–Crippen LogP) is 1.69. The van der Waals surface area contributed by atoms with Crippen LogP contribution in [-0.4, -0.2) is 31.4 Å². The van der Waals surface area contributed by atoms with E-state index in [0.717, 1.165) is 12.1 Å². The largest absolute Gasteiger partial charge is 0.341 e. The van der Waals surface area contributed by atoms with Crippen molar-refractivity contribution in [1.29, 1.82) is 0 Å². The van der Waals surface area contributed by atoms with Gasteiger partial charge in [-0.1, -0.05) is 30.3 Å². The maximum Gasteiger partial charge on any atom is 0.321 e. The fourth-order valence-corrected chi connectivity index (χ4v) is 2.23. The van der Waals surface area contributed by atoms with Gasteiger partial charge in [0, 0.05) is 18.8 Å². The normalized spacial score (nSPS) is 11.4. The van der Waals surface area contributed by atoms with Crippen LogP contribution < -0.4 is 21.3 Å². The van der Waals surface area contributed by atoms with Crippen LogP contribution in [-0.2, 0) is 9.59 Å². The van der Waals surface area contributed by atoms with Gasteiger partial charge in [0.1, 0.15) is 6.04 Å². The lowest BCUT2D eigenvalue weighted by Crippen LogP contribution is -2.45. The van der Waals surface area contributed by atoms with Gasteiger partial charge in [-0.05, 0) is 17.7 Å². The zero-order valence-corrected chi connectivity index (χ0v) is 14.4. The van der Waals surface area contributed by atoms with Crippen molar-refractivity contribution < 1.29 is 23.2 Å². The Morgan fingerprint density at radius 2 is 1.70 bits per heavy atom. The van der Waals surface area contributed by atoms with E-state index in [2.05, 4.69) is 21.3 Å². The van der Waals surface area contributed by atoms with Crippen molar-refractivity contribution in [3.63, 3.8) is 0 Å². The van der Waals surface area contributed by atoms with Gasteiger partial charge in [-0.15, -0.1) is 0 Å². The Morgan fingerprint density at radius 3 is 2.33 bits per heavy atom. The Bertz CT molecular complexity index is 831. The minimum absolute atomic E-state index is 0.0757.